The van der Waals surface area contributed by atoms with Crippen molar-refractivity contribution in [3.63, 3.8) is 0 Å². The van der Waals surface area contributed by atoms with Crippen LogP contribution >= 0.6 is 0 Å². The Hall–Kier alpha value is -5.05. The number of alkyl halides is 3. The maximum atomic E-state index is 14.9. The van der Waals surface area contributed by atoms with Crippen molar-refractivity contribution in [1.29, 1.82) is 5.26 Å². The molecular weight excluding hydrogens is 632 g/mol. The lowest BCUT2D eigenvalue weighted by atomic mass is 10.0. The molecule has 0 saturated heterocycles. The van der Waals surface area contributed by atoms with Crippen molar-refractivity contribution >= 4 is 24.3 Å². The van der Waals surface area contributed by atoms with E-state index in [2.05, 4.69) is 21.0 Å². The average molecular weight is 666 g/mol. The molecule has 0 radical (unpaired) electrons. The molecular formula is C37H34F3N5O2Si. The van der Waals surface area contributed by atoms with Crippen molar-refractivity contribution in [2.24, 2.45) is 0 Å². The van der Waals surface area contributed by atoms with Gasteiger partial charge in [-0.15, -0.1) is 0 Å². The second kappa shape index (κ2) is 12.9. The summed E-state index contributed by atoms with van der Waals surface area (Å²) in [5.41, 5.74) is 3.49. The quantitative estimate of drug-likeness (QED) is 0.147. The zero-order valence-corrected chi connectivity index (χ0v) is 28.0. The molecule has 7 nitrogen and oxygen atoms in total. The number of halogens is 3. The molecule has 0 spiro atoms. The predicted octanol–water partition coefficient (Wildman–Crippen LogP) is 7.67. The van der Waals surface area contributed by atoms with Gasteiger partial charge in [0.25, 0.3) is 8.32 Å². The standard InChI is InChI=1S/C37H34F3N5O2Si/c1-25-24-45-20-19-26(21-33(45)43-25)35-30(16-15-27(22-41)44-35)31-23-42-34(46-31)18-17-32(37(38,39)40)47-48(36(2,3)4,28-11-7-5-8-12-28)29-13-9-6-10-14-29/h5-16,19-21,23-24,32H,17-18H2,1-4H3. The highest BCUT2D eigenvalue weighted by atomic mass is 28.4. The Morgan fingerprint density at radius 2 is 1.60 bits per heavy atom. The molecule has 6 aromatic rings. The van der Waals surface area contributed by atoms with E-state index in [1.165, 1.54) is 6.20 Å². The summed E-state index contributed by atoms with van der Waals surface area (Å²) in [6.07, 6.45) is -1.99. The molecule has 0 bridgehead atoms. The summed E-state index contributed by atoms with van der Waals surface area (Å²) >= 11 is 0. The maximum Gasteiger partial charge on any atom is 0.413 e. The van der Waals surface area contributed by atoms with Crippen LogP contribution in [-0.4, -0.2) is 40.0 Å². The van der Waals surface area contributed by atoms with Crippen molar-refractivity contribution in [1.82, 2.24) is 19.4 Å². The van der Waals surface area contributed by atoms with Crippen LogP contribution in [0.1, 0.15) is 44.5 Å². The van der Waals surface area contributed by atoms with Gasteiger partial charge < -0.3 is 13.2 Å². The minimum Gasteiger partial charge on any atom is -0.441 e. The molecule has 0 amide bonds. The lowest BCUT2D eigenvalue weighted by Gasteiger charge is -2.45. The summed E-state index contributed by atoms with van der Waals surface area (Å²) in [6, 6.07) is 27.6. The number of benzene rings is 2. The topological polar surface area (TPSA) is 89.2 Å². The molecule has 0 N–H and O–H groups in total. The molecule has 4 aromatic heterocycles. The number of hydrogen-bond donors (Lipinski definition) is 0. The highest BCUT2D eigenvalue weighted by Gasteiger charge is 2.55. The molecule has 48 heavy (non-hydrogen) atoms. The summed E-state index contributed by atoms with van der Waals surface area (Å²) in [6.45, 7) is 7.73. The summed E-state index contributed by atoms with van der Waals surface area (Å²) in [5, 5.41) is 10.4. The first kappa shape index (κ1) is 32.9. The van der Waals surface area contributed by atoms with Crippen LogP contribution in [0.3, 0.4) is 0 Å². The molecule has 0 fully saturated rings. The highest BCUT2D eigenvalue weighted by molar-refractivity contribution is 6.99. The van der Waals surface area contributed by atoms with Gasteiger partial charge >= 0.3 is 6.18 Å². The van der Waals surface area contributed by atoms with Crippen LogP contribution in [0.5, 0.6) is 0 Å². The zero-order chi connectivity index (χ0) is 34.1. The van der Waals surface area contributed by atoms with Gasteiger partial charge in [-0.2, -0.15) is 18.4 Å². The second-order valence-corrected chi connectivity index (χ2v) is 17.0. The fourth-order valence-electron chi connectivity index (χ4n) is 6.20. The van der Waals surface area contributed by atoms with E-state index in [1.54, 1.807) is 12.1 Å². The normalized spacial score (nSPS) is 13.0. The van der Waals surface area contributed by atoms with Gasteiger partial charge in [0.2, 0.25) is 0 Å². The number of aromatic nitrogens is 4. The molecule has 0 aliphatic heterocycles. The summed E-state index contributed by atoms with van der Waals surface area (Å²) in [4.78, 5) is 13.4. The summed E-state index contributed by atoms with van der Waals surface area (Å²) < 4.78 is 59.0. The predicted molar refractivity (Wildman–Crippen MR) is 180 cm³/mol. The Morgan fingerprint density at radius 3 is 2.21 bits per heavy atom. The van der Waals surface area contributed by atoms with Gasteiger partial charge in [0, 0.05) is 29.9 Å². The van der Waals surface area contributed by atoms with Crippen LogP contribution in [0.15, 0.2) is 108 Å². The largest absolute Gasteiger partial charge is 0.441 e. The van der Waals surface area contributed by atoms with Gasteiger partial charge in [0.05, 0.1) is 17.6 Å². The first-order valence-electron chi connectivity index (χ1n) is 15.6. The number of fused-ring (bicyclic) bond motifs is 1. The van der Waals surface area contributed by atoms with E-state index in [1.807, 2.05) is 117 Å². The van der Waals surface area contributed by atoms with Crippen molar-refractivity contribution in [2.45, 2.75) is 57.9 Å². The van der Waals surface area contributed by atoms with Gasteiger partial charge in [0.1, 0.15) is 23.5 Å². The van der Waals surface area contributed by atoms with Gasteiger partial charge in [-0.05, 0) is 53.0 Å². The number of aryl methyl sites for hydroxylation is 2. The van der Waals surface area contributed by atoms with E-state index in [-0.39, 0.29) is 24.4 Å². The van der Waals surface area contributed by atoms with E-state index >= 15 is 0 Å². The number of nitrogens with zero attached hydrogens (tertiary/aromatic N) is 5. The molecule has 4 heterocycles. The molecule has 0 aliphatic rings. The van der Waals surface area contributed by atoms with E-state index in [9.17, 15) is 18.4 Å². The lowest BCUT2D eigenvalue weighted by Crippen LogP contribution is -2.68. The van der Waals surface area contributed by atoms with Crippen LogP contribution in [0.25, 0.3) is 28.2 Å². The van der Waals surface area contributed by atoms with E-state index < -0.39 is 25.6 Å². The number of oxazole rings is 1. The third-order valence-electron chi connectivity index (χ3n) is 8.40. The molecule has 1 unspecified atom stereocenters. The summed E-state index contributed by atoms with van der Waals surface area (Å²) in [7, 11) is -3.49. The number of nitriles is 1. The van der Waals surface area contributed by atoms with E-state index in [0.29, 0.717) is 28.2 Å². The van der Waals surface area contributed by atoms with Crippen LogP contribution in [0, 0.1) is 18.3 Å². The average Bonchev–Trinajstić information content (AvgIpc) is 3.69. The number of imidazole rings is 1. The lowest BCUT2D eigenvalue weighted by molar-refractivity contribution is -0.199. The third kappa shape index (κ3) is 6.41. The van der Waals surface area contributed by atoms with Crippen molar-refractivity contribution < 1.29 is 22.0 Å². The molecule has 244 valence electrons. The van der Waals surface area contributed by atoms with Gasteiger partial charge in [-0.25, -0.2) is 15.0 Å². The van der Waals surface area contributed by atoms with Crippen LogP contribution in [0.2, 0.25) is 5.04 Å². The van der Waals surface area contributed by atoms with Gasteiger partial charge in [-0.3, -0.25) is 0 Å². The Labute approximate surface area is 277 Å². The van der Waals surface area contributed by atoms with Gasteiger partial charge in [0.15, 0.2) is 11.7 Å². The highest BCUT2D eigenvalue weighted by Crippen LogP contribution is 2.41. The molecule has 2 aromatic carbocycles. The first-order chi connectivity index (χ1) is 22.9. The minimum atomic E-state index is -4.64. The van der Waals surface area contributed by atoms with Crippen molar-refractivity contribution in [3.05, 3.63) is 121 Å². The molecule has 6 rings (SSSR count). The number of rotatable bonds is 9. The summed E-state index contributed by atoms with van der Waals surface area (Å²) in [5.74, 6) is 0.466. The van der Waals surface area contributed by atoms with Crippen LogP contribution in [0.4, 0.5) is 13.2 Å². The van der Waals surface area contributed by atoms with Crippen LogP contribution in [-0.2, 0) is 10.8 Å². The fraction of sp³-hybridized carbons (Fsp3) is 0.243. The van der Waals surface area contributed by atoms with E-state index in [0.717, 1.165) is 16.1 Å². The third-order valence-corrected chi connectivity index (χ3v) is 13.4. The molecule has 0 saturated carbocycles. The zero-order valence-electron chi connectivity index (χ0n) is 27.0. The Balaban J connectivity index is 1.33. The minimum absolute atomic E-state index is 0.110. The molecule has 0 aliphatic carbocycles. The van der Waals surface area contributed by atoms with Gasteiger partial charge in [-0.1, -0.05) is 81.4 Å². The van der Waals surface area contributed by atoms with E-state index in [4.69, 9.17) is 8.84 Å². The maximum absolute atomic E-state index is 14.9. The number of hydrogen-bond acceptors (Lipinski definition) is 6. The Morgan fingerprint density at radius 1 is 0.938 bits per heavy atom. The Bertz CT molecular complexity index is 2040. The smallest absolute Gasteiger partial charge is 0.413 e. The van der Waals surface area contributed by atoms with Crippen molar-refractivity contribution in [2.75, 3.05) is 0 Å². The molecule has 11 heteroatoms. The van der Waals surface area contributed by atoms with Crippen molar-refractivity contribution in [3.8, 4) is 28.7 Å². The SMILES string of the molecule is Cc1cn2ccc(-c3nc(C#N)ccc3-c3cnc(CCC(O[Si](c4ccccc4)(c4ccccc4)C(C)(C)C)C(F)(F)F)o3)cc2n1. The number of pyridine rings is 2. The second-order valence-electron chi connectivity index (χ2n) is 12.7. The Kier molecular flexibility index (Phi) is 8.81. The first-order valence-corrected chi connectivity index (χ1v) is 17.5. The monoisotopic (exact) mass is 665 g/mol. The van der Waals surface area contributed by atoms with Crippen LogP contribution < -0.4 is 10.4 Å². The molecule has 1 atom stereocenters. The fourth-order valence-corrected chi connectivity index (χ4v) is 10.9.